The predicted molar refractivity (Wildman–Crippen MR) is 77.8 cm³/mol. The van der Waals surface area contributed by atoms with Crippen LogP contribution in [0, 0.1) is 17.8 Å². The molecule has 1 aliphatic rings. The molecule has 0 aromatic heterocycles. The average Bonchev–Trinajstić information content (AvgIpc) is 2.38. The summed E-state index contributed by atoms with van der Waals surface area (Å²) in [6.45, 7) is 5.82. The van der Waals surface area contributed by atoms with Crippen molar-refractivity contribution in [2.45, 2.75) is 84.0 Å². The van der Waals surface area contributed by atoms with Gasteiger partial charge in [-0.25, -0.2) is 0 Å². The monoisotopic (exact) mass is 272 g/mol. The summed E-state index contributed by atoms with van der Waals surface area (Å²) in [7, 11) is 0. The molecule has 1 fully saturated rings. The zero-order chi connectivity index (χ0) is 14.4. The molecule has 0 amide bonds. The molecule has 5 unspecified atom stereocenters. The Morgan fingerprint density at radius 2 is 1.32 bits per heavy atom. The molecule has 0 aromatic carbocycles. The molecular weight excluding hydrogens is 240 g/mol. The van der Waals surface area contributed by atoms with Gasteiger partial charge in [0.1, 0.15) is 0 Å². The van der Waals surface area contributed by atoms with E-state index >= 15 is 0 Å². The molecule has 1 saturated carbocycles. The van der Waals surface area contributed by atoms with E-state index in [4.69, 9.17) is 0 Å². The minimum atomic E-state index is -0.341. The lowest BCUT2D eigenvalue weighted by molar-refractivity contribution is -0.0224. The van der Waals surface area contributed by atoms with Crippen LogP contribution in [0.5, 0.6) is 0 Å². The maximum Gasteiger partial charge on any atom is 0.0568 e. The average molecular weight is 272 g/mol. The lowest BCUT2D eigenvalue weighted by Crippen LogP contribution is -2.38. The van der Waals surface area contributed by atoms with Gasteiger partial charge in [0.05, 0.1) is 18.3 Å². The molecule has 3 heteroatoms. The third-order valence-corrected chi connectivity index (χ3v) is 4.83. The third-order valence-electron chi connectivity index (χ3n) is 4.83. The summed E-state index contributed by atoms with van der Waals surface area (Å²) in [6.07, 6.45) is 6.00. The highest BCUT2D eigenvalue weighted by atomic mass is 16.3. The Kier molecular flexibility index (Phi) is 7.33. The van der Waals surface area contributed by atoms with Crippen molar-refractivity contribution < 1.29 is 15.3 Å². The molecule has 0 aliphatic heterocycles. The van der Waals surface area contributed by atoms with Gasteiger partial charge in [0, 0.05) is 0 Å². The predicted octanol–water partition coefficient (Wildman–Crippen LogP) is 2.72. The molecule has 3 N–H and O–H groups in total. The highest BCUT2D eigenvalue weighted by molar-refractivity contribution is 4.86. The summed E-state index contributed by atoms with van der Waals surface area (Å²) in [6, 6.07) is 0. The molecule has 1 rings (SSSR count). The minimum absolute atomic E-state index is 0.221. The summed E-state index contributed by atoms with van der Waals surface area (Å²) in [5.74, 6) is 0.683. The van der Waals surface area contributed by atoms with Crippen LogP contribution < -0.4 is 0 Å². The number of hydrogen-bond donors (Lipinski definition) is 3. The van der Waals surface area contributed by atoms with Gasteiger partial charge in [-0.3, -0.25) is 0 Å². The third kappa shape index (κ3) is 5.41. The van der Waals surface area contributed by atoms with Gasteiger partial charge in [-0.15, -0.1) is 0 Å². The SMILES string of the molecule is CCCCCC(O)C1CC(C(C)O)CC(C(C)O)C1. The summed E-state index contributed by atoms with van der Waals surface area (Å²) < 4.78 is 0. The van der Waals surface area contributed by atoms with Gasteiger partial charge in [-0.1, -0.05) is 26.2 Å². The van der Waals surface area contributed by atoms with Crippen LogP contribution in [0.1, 0.15) is 65.7 Å². The Morgan fingerprint density at radius 3 is 1.74 bits per heavy atom. The Hall–Kier alpha value is -0.120. The van der Waals surface area contributed by atoms with Crippen molar-refractivity contribution in [3.8, 4) is 0 Å². The molecule has 0 spiro atoms. The highest BCUT2D eigenvalue weighted by Crippen LogP contribution is 2.39. The van der Waals surface area contributed by atoms with Gasteiger partial charge in [-0.05, 0) is 57.3 Å². The first-order valence-corrected chi connectivity index (χ1v) is 7.99. The maximum absolute atomic E-state index is 10.3. The molecule has 3 nitrogen and oxygen atoms in total. The van der Waals surface area contributed by atoms with Crippen LogP contribution >= 0.6 is 0 Å². The van der Waals surface area contributed by atoms with E-state index in [1.54, 1.807) is 0 Å². The van der Waals surface area contributed by atoms with Crippen molar-refractivity contribution in [3.05, 3.63) is 0 Å². The van der Waals surface area contributed by atoms with Crippen LogP contribution in [0.2, 0.25) is 0 Å². The topological polar surface area (TPSA) is 60.7 Å². The quantitative estimate of drug-likeness (QED) is 0.625. The van der Waals surface area contributed by atoms with Crippen molar-refractivity contribution >= 4 is 0 Å². The van der Waals surface area contributed by atoms with E-state index in [0.717, 1.165) is 32.1 Å². The van der Waals surface area contributed by atoms with E-state index in [0.29, 0.717) is 0 Å². The van der Waals surface area contributed by atoms with E-state index in [-0.39, 0.29) is 36.1 Å². The number of hydrogen-bond acceptors (Lipinski definition) is 3. The number of unbranched alkanes of at least 4 members (excludes halogenated alkanes) is 2. The van der Waals surface area contributed by atoms with Gasteiger partial charge < -0.3 is 15.3 Å². The molecule has 114 valence electrons. The summed E-state index contributed by atoms with van der Waals surface area (Å²) >= 11 is 0. The van der Waals surface area contributed by atoms with Gasteiger partial charge >= 0.3 is 0 Å². The van der Waals surface area contributed by atoms with Crippen molar-refractivity contribution in [2.75, 3.05) is 0 Å². The fourth-order valence-electron chi connectivity index (χ4n) is 3.40. The molecular formula is C16H32O3. The highest BCUT2D eigenvalue weighted by Gasteiger charge is 2.36. The lowest BCUT2D eigenvalue weighted by Gasteiger charge is -2.39. The second kappa shape index (κ2) is 8.23. The first-order chi connectivity index (χ1) is 8.95. The minimum Gasteiger partial charge on any atom is -0.393 e. The fraction of sp³-hybridized carbons (Fsp3) is 1.00. The van der Waals surface area contributed by atoms with Crippen LogP contribution in [0.3, 0.4) is 0 Å². The summed E-state index contributed by atoms with van der Waals surface area (Å²) in [5.41, 5.74) is 0. The van der Waals surface area contributed by atoms with Crippen molar-refractivity contribution in [2.24, 2.45) is 17.8 Å². The molecule has 0 heterocycles. The van der Waals surface area contributed by atoms with Gasteiger partial charge in [-0.2, -0.15) is 0 Å². The molecule has 0 bridgehead atoms. The van der Waals surface area contributed by atoms with Crippen LogP contribution in [0.15, 0.2) is 0 Å². The lowest BCUT2D eigenvalue weighted by atomic mass is 9.69. The Labute approximate surface area is 118 Å². The Morgan fingerprint density at radius 1 is 0.842 bits per heavy atom. The summed E-state index contributed by atoms with van der Waals surface area (Å²) in [4.78, 5) is 0. The van der Waals surface area contributed by atoms with Crippen LogP contribution in [0.25, 0.3) is 0 Å². The Bertz CT molecular complexity index is 224. The van der Waals surface area contributed by atoms with Gasteiger partial charge in [0.15, 0.2) is 0 Å². The molecule has 0 radical (unpaired) electrons. The van der Waals surface area contributed by atoms with Gasteiger partial charge in [0.25, 0.3) is 0 Å². The van der Waals surface area contributed by atoms with E-state index in [1.165, 1.54) is 12.8 Å². The van der Waals surface area contributed by atoms with E-state index < -0.39 is 0 Å². The van der Waals surface area contributed by atoms with Gasteiger partial charge in [0.2, 0.25) is 0 Å². The zero-order valence-electron chi connectivity index (χ0n) is 12.8. The van der Waals surface area contributed by atoms with Crippen LogP contribution in [0.4, 0.5) is 0 Å². The van der Waals surface area contributed by atoms with Crippen LogP contribution in [-0.4, -0.2) is 33.6 Å². The largest absolute Gasteiger partial charge is 0.393 e. The zero-order valence-corrected chi connectivity index (χ0v) is 12.8. The van der Waals surface area contributed by atoms with Crippen molar-refractivity contribution in [1.29, 1.82) is 0 Å². The molecule has 0 saturated heterocycles. The number of aliphatic hydroxyl groups excluding tert-OH is 3. The normalized spacial score (nSPS) is 32.8. The van der Waals surface area contributed by atoms with E-state index in [9.17, 15) is 15.3 Å². The first-order valence-electron chi connectivity index (χ1n) is 7.99. The first kappa shape index (κ1) is 16.9. The van der Waals surface area contributed by atoms with Crippen molar-refractivity contribution in [1.82, 2.24) is 0 Å². The number of rotatable bonds is 7. The number of aliphatic hydroxyl groups is 3. The summed E-state index contributed by atoms with van der Waals surface area (Å²) in [5, 5.41) is 30.0. The molecule has 0 aromatic rings. The smallest absolute Gasteiger partial charge is 0.0568 e. The second-order valence-electron chi connectivity index (χ2n) is 6.53. The van der Waals surface area contributed by atoms with E-state index in [2.05, 4.69) is 6.92 Å². The second-order valence-corrected chi connectivity index (χ2v) is 6.53. The maximum atomic E-state index is 10.3. The molecule has 5 atom stereocenters. The molecule has 19 heavy (non-hydrogen) atoms. The fourth-order valence-corrected chi connectivity index (χ4v) is 3.40. The van der Waals surface area contributed by atoms with E-state index in [1.807, 2.05) is 13.8 Å². The van der Waals surface area contributed by atoms with Crippen molar-refractivity contribution in [3.63, 3.8) is 0 Å². The van der Waals surface area contributed by atoms with Crippen LogP contribution in [-0.2, 0) is 0 Å². The Balaban J connectivity index is 2.55. The standard InChI is InChI=1S/C16H32O3/c1-4-5-6-7-16(19)15-9-13(11(2)17)8-14(10-15)12(3)18/h11-19H,4-10H2,1-3H3. The molecule has 1 aliphatic carbocycles.